The number of nitrogens with one attached hydrogen (secondary N) is 1. The number of rotatable bonds is 6. The molecule has 0 spiro atoms. The number of carbonyl (C=O) groups excluding carboxylic acids is 2. The van der Waals surface area contributed by atoms with Crippen molar-refractivity contribution in [2.24, 2.45) is 0 Å². The van der Waals surface area contributed by atoms with E-state index in [1.165, 1.54) is 25.3 Å². The van der Waals surface area contributed by atoms with Crippen molar-refractivity contribution in [3.63, 3.8) is 0 Å². The minimum absolute atomic E-state index is 0.0349. The highest BCUT2D eigenvalue weighted by molar-refractivity contribution is 6.37. The van der Waals surface area contributed by atoms with Crippen LogP contribution in [0.3, 0.4) is 0 Å². The van der Waals surface area contributed by atoms with Crippen LogP contribution in [0.25, 0.3) is 6.08 Å². The van der Waals surface area contributed by atoms with Gasteiger partial charge in [-0.3, -0.25) is 4.79 Å². The molecule has 2 rings (SSSR count). The van der Waals surface area contributed by atoms with Gasteiger partial charge in [0.05, 0.1) is 17.2 Å². The van der Waals surface area contributed by atoms with Crippen molar-refractivity contribution < 1.29 is 19.1 Å². The number of methoxy groups -OCH3 is 1. The summed E-state index contributed by atoms with van der Waals surface area (Å²) < 4.78 is 9.72. The second-order valence-electron chi connectivity index (χ2n) is 5.80. The minimum atomic E-state index is -0.573. The zero-order valence-corrected chi connectivity index (χ0v) is 15.7. The van der Waals surface area contributed by atoms with Crippen molar-refractivity contribution in [3.8, 4) is 11.8 Å². The SMILES string of the molecule is COC(=O)COc1c(Cl)cc(/C=C(/C#N)C(=O)NC2CCCC2)cc1Cl. The van der Waals surface area contributed by atoms with Crippen LogP contribution in [0.5, 0.6) is 5.75 Å². The van der Waals surface area contributed by atoms with Crippen LogP contribution < -0.4 is 10.1 Å². The largest absolute Gasteiger partial charge is 0.479 e. The number of ether oxygens (including phenoxy) is 2. The quantitative estimate of drug-likeness (QED) is 0.451. The first-order chi connectivity index (χ1) is 12.4. The van der Waals surface area contributed by atoms with Crippen LogP contribution in [0, 0.1) is 11.3 Å². The van der Waals surface area contributed by atoms with E-state index in [9.17, 15) is 14.9 Å². The zero-order valence-electron chi connectivity index (χ0n) is 14.2. The summed E-state index contributed by atoms with van der Waals surface area (Å²) in [6.07, 6.45) is 5.42. The van der Waals surface area contributed by atoms with E-state index in [1.54, 1.807) is 0 Å². The molecule has 1 amide bonds. The molecular formula is C18H18Cl2N2O4. The highest BCUT2D eigenvalue weighted by Gasteiger charge is 2.19. The highest BCUT2D eigenvalue weighted by atomic mass is 35.5. The Morgan fingerprint density at radius 2 is 1.92 bits per heavy atom. The molecule has 0 heterocycles. The van der Waals surface area contributed by atoms with Gasteiger partial charge >= 0.3 is 5.97 Å². The van der Waals surface area contributed by atoms with E-state index in [0.29, 0.717) is 5.56 Å². The lowest BCUT2D eigenvalue weighted by Gasteiger charge is -2.12. The van der Waals surface area contributed by atoms with Gasteiger partial charge in [0.15, 0.2) is 12.4 Å². The Labute approximate surface area is 161 Å². The topological polar surface area (TPSA) is 88.4 Å². The van der Waals surface area contributed by atoms with Gasteiger partial charge in [0, 0.05) is 6.04 Å². The van der Waals surface area contributed by atoms with Gasteiger partial charge < -0.3 is 14.8 Å². The molecule has 1 aliphatic rings. The summed E-state index contributed by atoms with van der Waals surface area (Å²) in [4.78, 5) is 23.4. The Morgan fingerprint density at radius 1 is 1.31 bits per heavy atom. The molecule has 138 valence electrons. The standard InChI is InChI=1S/C18H18Cl2N2O4/c1-25-16(23)10-26-17-14(19)7-11(8-15(17)20)6-12(9-21)18(24)22-13-4-2-3-5-13/h6-8,13H,2-5,10H2,1H3,(H,22,24)/b12-6-. The molecule has 1 fully saturated rings. The summed E-state index contributed by atoms with van der Waals surface area (Å²) >= 11 is 12.3. The second kappa shape index (κ2) is 9.46. The number of nitrogens with zero attached hydrogens (tertiary/aromatic N) is 1. The number of halogens is 2. The lowest BCUT2D eigenvalue weighted by molar-refractivity contribution is -0.142. The number of hydrogen-bond acceptors (Lipinski definition) is 5. The molecule has 0 unspecified atom stereocenters. The van der Waals surface area contributed by atoms with Crippen molar-refractivity contribution in [1.82, 2.24) is 5.32 Å². The Bertz CT molecular complexity index is 742. The summed E-state index contributed by atoms with van der Waals surface area (Å²) in [6, 6.07) is 5.01. The van der Waals surface area contributed by atoms with Crippen molar-refractivity contribution >= 4 is 41.2 Å². The fourth-order valence-corrected chi connectivity index (χ4v) is 3.25. The fraction of sp³-hybridized carbons (Fsp3) is 0.389. The molecule has 0 atom stereocenters. The van der Waals surface area contributed by atoms with Crippen molar-refractivity contribution in [2.45, 2.75) is 31.7 Å². The summed E-state index contributed by atoms with van der Waals surface area (Å²) in [5, 5.41) is 12.4. The maximum absolute atomic E-state index is 12.2. The van der Waals surface area contributed by atoms with Gasteiger partial charge in [-0.05, 0) is 36.6 Å². The Morgan fingerprint density at radius 3 is 2.46 bits per heavy atom. The highest BCUT2D eigenvalue weighted by Crippen LogP contribution is 2.35. The molecule has 1 aromatic rings. The molecule has 1 saturated carbocycles. The van der Waals surface area contributed by atoms with E-state index in [4.69, 9.17) is 27.9 Å². The van der Waals surface area contributed by atoms with Gasteiger partial charge in [0.2, 0.25) is 0 Å². The normalized spacial score (nSPS) is 14.6. The van der Waals surface area contributed by atoms with E-state index < -0.39 is 11.9 Å². The second-order valence-corrected chi connectivity index (χ2v) is 6.62. The fourth-order valence-electron chi connectivity index (χ4n) is 2.64. The molecule has 0 aliphatic heterocycles. The van der Waals surface area contributed by atoms with E-state index in [2.05, 4.69) is 10.1 Å². The Hall–Kier alpha value is -2.23. The van der Waals surface area contributed by atoms with Crippen LogP contribution in [-0.4, -0.2) is 31.6 Å². The first kappa shape index (κ1) is 20.1. The van der Waals surface area contributed by atoms with Crippen molar-refractivity contribution in [2.75, 3.05) is 13.7 Å². The zero-order chi connectivity index (χ0) is 19.1. The monoisotopic (exact) mass is 396 g/mol. The molecule has 1 aromatic carbocycles. The van der Waals surface area contributed by atoms with Crippen LogP contribution in [0.1, 0.15) is 31.2 Å². The third kappa shape index (κ3) is 5.38. The number of nitriles is 1. The number of carbonyl (C=O) groups is 2. The van der Waals surface area contributed by atoms with Gasteiger partial charge in [-0.2, -0.15) is 5.26 Å². The molecule has 1 aliphatic carbocycles. The van der Waals surface area contributed by atoms with Crippen LogP contribution in [-0.2, 0) is 14.3 Å². The molecule has 1 N–H and O–H groups in total. The minimum Gasteiger partial charge on any atom is -0.479 e. The van der Waals surface area contributed by atoms with E-state index in [0.717, 1.165) is 25.7 Å². The van der Waals surface area contributed by atoms with Crippen LogP contribution in [0.4, 0.5) is 0 Å². The molecule has 26 heavy (non-hydrogen) atoms. The summed E-state index contributed by atoms with van der Waals surface area (Å²) in [6.45, 7) is -0.335. The van der Waals surface area contributed by atoms with Gasteiger partial charge in [0.1, 0.15) is 11.6 Å². The maximum Gasteiger partial charge on any atom is 0.343 e. The van der Waals surface area contributed by atoms with E-state index in [1.807, 2.05) is 6.07 Å². The van der Waals surface area contributed by atoms with Gasteiger partial charge in [-0.1, -0.05) is 36.0 Å². The van der Waals surface area contributed by atoms with Crippen LogP contribution >= 0.6 is 23.2 Å². The lowest BCUT2D eigenvalue weighted by Crippen LogP contribution is -2.33. The number of amides is 1. The molecule has 0 aromatic heterocycles. The maximum atomic E-state index is 12.2. The number of benzene rings is 1. The molecule has 0 bridgehead atoms. The Balaban J connectivity index is 2.16. The lowest BCUT2D eigenvalue weighted by atomic mass is 10.1. The molecule has 8 heteroatoms. The number of hydrogen-bond donors (Lipinski definition) is 1. The predicted octanol–water partition coefficient (Wildman–Crippen LogP) is 3.51. The molecule has 0 saturated heterocycles. The molecule has 0 radical (unpaired) electrons. The average Bonchev–Trinajstić information content (AvgIpc) is 3.11. The summed E-state index contributed by atoms with van der Waals surface area (Å²) in [5.74, 6) is -0.862. The van der Waals surface area contributed by atoms with Crippen molar-refractivity contribution in [1.29, 1.82) is 5.26 Å². The first-order valence-electron chi connectivity index (χ1n) is 8.06. The smallest absolute Gasteiger partial charge is 0.343 e. The summed E-state index contributed by atoms with van der Waals surface area (Å²) in [5.41, 5.74) is 0.441. The third-order valence-electron chi connectivity index (χ3n) is 3.95. The first-order valence-corrected chi connectivity index (χ1v) is 8.81. The molecular weight excluding hydrogens is 379 g/mol. The van der Waals surface area contributed by atoms with Gasteiger partial charge in [-0.15, -0.1) is 0 Å². The van der Waals surface area contributed by atoms with Gasteiger partial charge in [0.25, 0.3) is 5.91 Å². The van der Waals surface area contributed by atoms with Crippen LogP contribution in [0.15, 0.2) is 17.7 Å². The molecule has 6 nitrogen and oxygen atoms in total. The summed E-state index contributed by atoms with van der Waals surface area (Å²) in [7, 11) is 1.24. The number of esters is 1. The average molecular weight is 397 g/mol. The van der Waals surface area contributed by atoms with E-state index in [-0.39, 0.29) is 34.0 Å². The van der Waals surface area contributed by atoms with E-state index >= 15 is 0 Å². The van der Waals surface area contributed by atoms with Crippen molar-refractivity contribution in [3.05, 3.63) is 33.3 Å². The van der Waals surface area contributed by atoms with Crippen LogP contribution in [0.2, 0.25) is 10.0 Å². The third-order valence-corrected chi connectivity index (χ3v) is 4.51. The predicted molar refractivity (Wildman–Crippen MR) is 98.0 cm³/mol. The Kier molecular flexibility index (Phi) is 7.31. The van der Waals surface area contributed by atoms with Gasteiger partial charge in [-0.25, -0.2) is 4.79 Å².